The quantitative estimate of drug-likeness (QED) is 0.826. The fourth-order valence-electron chi connectivity index (χ4n) is 2.49. The number of carbonyl (C=O) groups is 1. The van der Waals surface area contributed by atoms with Crippen LogP contribution in [0.5, 0.6) is 0 Å². The Hall–Kier alpha value is -1.42. The minimum Gasteiger partial charge on any atom is -0.340 e. The van der Waals surface area contributed by atoms with Crippen molar-refractivity contribution >= 4 is 5.91 Å². The van der Waals surface area contributed by atoms with Crippen molar-refractivity contribution in [3.8, 4) is 0 Å². The summed E-state index contributed by atoms with van der Waals surface area (Å²) in [6.07, 6.45) is 2.72. The van der Waals surface area contributed by atoms with Crippen molar-refractivity contribution in [1.82, 2.24) is 9.80 Å². The van der Waals surface area contributed by atoms with Crippen LogP contribution in [0.2, 0.25) is 0 Å². The minimum absolute atomic E-state index is 0.194. The van der Waals surface area contributed by atoms with Gasteiger partial charge in [-0.1, -0.05) is 25.5 Å². The van der Waals surface area contributed by atoms with Crippen molar-refractivity contribution < 1.29 is 9.18 Å². The average Bonchev–Trinajstić information content (AvgIpc) is 2.48. The second kappa shape index (κ2) is 7.39. The lowest BCUT2D eigenvalue weighted by atomic mass is 10.2. The van der Waals surface area contributed by atoms with Crippen molar-refractivity contribution in [2.75, 3.05) is 26.2 Å². The van der Waals surface area contributed by atoms with Crippen molar-refractivity contribution in [3.05, 3.63) is 35.6 Å². The van der Waals surface area contributed by atoms with Crippen molar-refractivity contribution in [2.24, 2.45) is 0 Å². The van der Waals surface area contributed by atoms with Gasteiger partial charge in [0.25, 0.3) is 0 Å². The van der Waals surface area contributed by atoms with Gasteiger partial charge < -0.3 is 4.90 Å². The summed E-state index contributed by atoms with van der Waals surface area (Å²) in [7, 11) is 0. The molecule has 0 N–H and O–H groups in total. The number of halogens is 1. The fourth-order valence-corrected chi connectivity index (χ4v) is 2.49. The molecule has 1 aromatic rings. The Morgan fingerprint density at radius 2 is 1.80 bits per heavy atom. The van der Waals surface area contributed by atoms with Gasteiger partial charge in [-0.2, -0.15) is 0 Å². The lowest BCUT2D eigenvalue weighted by Crippen LogP contribution is -2.48. The van der Waals surface area contributed by atoms with Gasteiger partial charge in [-0.3, -0.25) is 9.69 Å². The second-order valence-corrected chi connectivity index (χ2v) is 5.39. The van der Waals surface area contributed by atoms with Crippen LogP contribution >= 0.6 is 0 Å². The van der Waals surface area contributed by atoms with Gasteiger partial charge in [0.2, 0.25) is 5.91 Å². The van der Waals surface area contributed by atoms with E-state index >= 15 is 0 Å². The van der Waals surface area contributed by atoms with E-state index in [1.54, 1.807) is 0 Å². The van der Waals surface area contributed by atoms with Gasteiger partial charge in [-0.25, -0.2) is 4.39 Å². The maximum Gasteiger partial charge on any atom is 0.222 e. The van der Waals surface area contributed by atoms with E-state index in [1.807, 2.05) is 17.0 Å². The predicted octanol–water partition coefficient (Wildman–Crippen LogP) is 2.66. The third-order valence-electron chi connectivity index (χ3n) is 3.79. The normalized spacial score (nSPS) is 16.4. The monoisotopic (exact) mass is 278 g/mol. The summed E-state index contributed by atoms with van der Waals surface area (Å²) in [5, 5.41) is 0. The van der Waals surface area contributed by atoms with Gasteiger partial charge in [0.05, 0.1) is 0 Å². The number of nitrogens with zero attached hydrogens (tertiary/aromatic N) is 2. The Kier molecular flexibility index (Phi) is 5.53. The first-order valence-corrected chi connectivity index (χ1v) is 7.43. The first kappa shape index (κ1) is 15.0. The zero-order valence-corrected chi connectivity index (χ0v) is 12.1. The summed E-state index contributed by atoms with van der Waals surface area (Å²) in [6, 6.07) is 6.65. The molecule has 0 radical (unpaired) electrons. The fraction of sp³-hybridized carbons (Fsp3) is 0.562. The molecule has 110 valence electrons. The lowest BCUT2D eigenvalue weighted by molar-refractivity contribution is -0.133. The number of carbonyl (C=O) groups excluding carboxylic acids is 1. The molecule has 4 heteroatoms. The Labute approximate surface area is 120 Å². The lowest BCUT2D eigenvalue weighted by Gasteiger charge is -2.34. The molecule has 0 bridgehead atoms. The van der Waals surface area contributed by atoms with E-state index < -0.39 is 0 Å². The molecule has 1 amide bonds. The van der Waals surface area contributed by atoms with Gasteiger partial charge >= 0.3 is 0 Å². The number of hydrogen-bond acceptors (Lipinski definition) is 2. The molecular formula is C16H23FN2O. The molecule has 20 heavy (non-hydrogen) atoms. The zero-order chi connectivity index (χ0) is 14.4. The van der Waals surface area contributed by atoms with Gasteiger partial charge in [0.1, 0.15) is 5.82 Å². The molecular weight excluding hydrogens is 255 g/mol. The van der Waals surface area contributed by atoms with Crippen LogP contribution in [0.4, 0.5) is 4.39 Å². The van der Waals surface area contributed by atoms with Gasteiger partial charge in [-0.15, -0.1) is 0 Å². The number of unbranched alkanes of at least 4 members (excludes halogenated alkanes) is 1. The number of piperazine rings is 1. The highest BCUT2D eigenvalue weighted by atomic mass is 19.1. The van der Waals surface area contributed by atoms with Crippen molar-refractivity contribution in [2.45, 2.75) is 32.7 Å². The summed E-state index contributed by atoms with van der Waals surface area (Å²) in [5.74, 6) is 0.0911. The van der Waals surface area contributed by atoms with E-state index in [1.165, 1.54) is 12.1 Å². The molecule has 1 aliphatic heterocycles. The standard InChI is InChI=1S/C16H23FN2O/c1-2-3-4-16(20)19-11-9-18(10-12-19)13-14-5-7-15(17)8-6-14/h5-8H,2-4,9-13H2,1H3. The maximum absolute atomic E-state index is 12.8. The molecule has 0 unspecified atom stereocenters. The number of rotatable bonds is 5. The third kappa shape index (κ3) is 4.30. The van der Waals surface area contributed by atoms with Crippen LogP contribution in [-0.4, -0.2) is 41.9 Å². The molecule has 1 aliphatic rings. The van der Waals surface area contributed by atoms with Crippen LogP contribution in [-0.2, 0) is 11.3 Å². The van der Waals surface area contributed by atoms with E-state index in [4.69, 9.17) is 0 Å². The highest BCUT2D eigenvalue weighted by Gasteiger charge is 2.20. The van der Waals surface area contributed by atoms with Gasteiger partial charge in [-0.05, 0) is 24.1 Å². The Morgan fingerprint density at radius 3 is 2.40 bits per heavy atom. The smallest absolute Gasteiger partial charge is 0.222 e. The summed E-state index contributed by atoms with van der Waals surface area (Å²) in [4.78, 5) is 16.2. The van der Waals surface area contributed by atoms with E-state index in [9.17, 15) is 9.18 Å². The highest BCUT2D eigenvalue weighted by molar-refractivity contribution is 5.76. The zero-order valence-electron chi connectivity index (χ0n) is 12.1. The van der Waals surface area contributed by atoms with Crippen LogP contribution < -0.4 is 0 Å². The molecule has 0 saturated carbocycles. The molecule has 1 heterocycles. The molecule has 0 aromatic heterocycles. The maximum atomic E-state index is 12.8. The van der Waals surface area contributed by atoms with Crippen LogP contribution in [0.15, 0.2) is 24.3 Å². The van der Waals surface area contributed by atoms with Crippen LogP contribution in [0.1, 0.15) is 31.7 Å². The van der Waals surface area contributed by atoms with E-state index in [2.05, 4.69) is 11.8 Å². The Balaban J connectivity index is 1.76. The van der Waals surface area contributed by atoms with Gasteiger partial charge in [0.15, 0.2) is 0 Å². The molecule has 0 atom stereocenters. The number of hydrogen-bond donors (Lipinski definition) is 0. The van der Waals surface area contributed by atoms with E-state index in [0.29, 0.717) is 6.42 Å². The van der Waals surface area contributed by atoms with Crippen LogP contribution in [0.25, 0.3) is 0 Å². The van der Waals surface area contributed by atoms with Crippen molar-refractivity contribution in [1.29, 1.82) is 0 Å². The highest BCUT2D eigenvalue weighted by Crippen LogP contribution is 2.11. The van der Waals surface area contributed by atoms with Gasteiger partial charge in [0, 0.05) is 39.1 Å². The van der Waals surface area contributed by atoms with Crippen molar-refractivity contribution in [3.63, 3.8) is 0 Å². The van der Waals surface area contributed by atoms with E-state index in [0.717, 1.165) is 51.1 Å². The predicted molar refractivity (Wildman–Crippen MR) is 77.8 cm³/mol. The number of amides is 1. The Morgan fingerprint density at radius 1 is 1.15 bits per heavy atom. The SMILES string of the molecule is CCCCC(=O)N1CCN(Cc2ccc(F)cc2)CC1. The van der Waals surface area contributed by atoms with Crippen LogP contribution in [0.3, 0.4) is 0 Å². The largest absolute Gasteiger partial charge is 0.340 e. The molecule has 1 fully saturated rings. The molecule has 1 saturated heterocycles. The molecule has 1 aromatic carbocycles. The molecule has 2 rings (SSSR count). The summed E-state index contributed by atoms with van der Waals surface area (Å²) >= 11 is 0. The number of benzene rings is 1. The summed E-state index contributed by atoms with van der Waals surface area (Å²) in [5.41, 5.74) is 1.12. The summed E-state index contributed by atoms with van der Waals surface area (Å²) in [6.45, 7) is 6.35. The first-order chi connectivity index (χ1) is 9.69. The Bertz CT molecular complexity index is 425. The topological polar surface area (TPSA) is 23.6 Å². The average molecular weight is 278 g/mol. The second-order valence-electron chi connectivity index (χ2n) is 5.39. The molecule has 0 aliphatic carbocycles. The van der Waals surface area contributed by atoms with Crippen LogP contribution in [0, 0.1) is 5.82 Å². The minimum atomic E-state index is -0.194. The molecule has 3 nitrogen and oxygen atoms in total. The van der Waals surface area contributed by atoms with E-state index in [-0.39, 0.29) is 11.7 Å². The molecule has 0 spiro atoms. The first-order valence-electron chi connectivity index (χ1n) is 7.43. The summed E-state index contributed by atoms with van der Waals surface area (Å²) < 4.78 is 12.8. The third-order valence-corrected chi connectivity index (χ3v) is 3.79.